The first-order valence-corrected chi connectivity index (χ1v) is 12.1. The van der Waals surface area contributed by atoms with Gasteiger partial charge in [-0.25, -0.2) is 4.79 Å². The van der Waals surface area contributed by atoms with E-state index >= 15 is 0 Å². The Labute approximate surface area is 168 Å². The third kappa shape index (κ3) is 5.20. The van der Waals surface area contributed by atoms with Gasteiger partial charge in [-0.15, -0.1) is 3.77 Å². The van der Waals surface area contributed by atoms with Gasteiger partial charge in [0, 0.05) is 18.3 Å². The lowest BCUT2D eigenvalue weighted by molar-refractivity contribution is 0.104. The lowest BCUT2D eigenvalue weighted by Crippen LogP contribution is -2.31. The summed E-state index contributed by atoms with van der Waals surface area (Å²) in [7, 11) is -4.41. The number of carbonyl (C=O) groups excluding carboxylic acids is 1. The molecular weight excluding hydrogens is 396 g/mol. The molecule has 0 spiro atoms. The third-order valence-electron chi connectivity index (χ3n) is 4.63. The fourth-order valence-electron chi connectivity index (χ4n) is 2.95. The summed E-state index contributed by atoms with van der Waals surface area (Å²) in [6.07, 6.45) is 2.16. The van der Waals surface area contributed by atoms with E-state index in [9.17, 15) is 13.2 Å². The maximum absolute atomic E-state index is 12.5. The number of benzene rings is 2. The van der Waals surface area contributed by atoms with Crippen LogP contribution in [0.5, 0.6) is 0 Å². The quantitative estimate of drug-likeness (QED) is 0.742. The van der Waals surface area contributed by atoms with E-state index < -0.39 is 20.7 Å². The van der Waals surface area contributed by atoms with E-state index in [-0.39, 0.29) is 22.8 Å². The van der Waals surface area contributed by atoms with Crippen LogP contribution in [0.15, 0.2) is 63.3 Å². The molecule has 0 N–H and O–H groups in total. The van der Waals surface area contributed by atoms with Crippen molar-refractivity contribution in [2.24, 2.45) is 3.77 Å². The van der Waals surface area contributed by atoms with Crippen molar-refractivity contribution in [3.63, 3.8) is 0 Å². The van der Waals surface area contributed by atoms with Crippen molar-refractivity contribution in [2.75, 3.05) is 19.3 Å². The van der Waals surface area contributed by atoms with Crippen LogP contribution in [0.1, 0.15) is 17.5 Å². The van der Waals surface area contributed by atoms with Gasteiger partial charge in [-0.1, -0.05) is 58.7 Å². The minimum atomic E-state index is -3.70. The zero-order valence-corrected chi connectivity index (χ0v) is 17.6. The van der Waals surface area contributed by atoms with Gasteiger partial charge in [-0.2, -0.15) is 8.42 Å². The Hall–Kier alpha value is -2.19. The van der Waals surface area contributed by atoms with Gasteiger partial charge in [0.1, 0.15) is 6.61 Å². The second-order valence-corrected chi connectivity index (χ2v) is 10.5. The van der Waals surface area contributed by atoms with Crippen LogP contribution in [0, 0.1) is 6.92 Å². The number of hydrogen-bond donors (Lipinski definition) is 0. The molecule has 0 radical (unpaired) electrons. The number of nitrogens with zero attached hydrogens (tertiary/aromatic N) is 2. The molecule has 1 saturated heterocycles. The van der Waals surface area contributed by atoms with Gasteiger partial charge in [-0.3, -0.25) is 0 Å². The summed E-state index contributed by atoms with van der Waals surface area (Å²) in [5, 5.41) is 0.0181. The van der Waals surface area contributed by atoms with Crippen LogP contribution in [0.4, 0.5) is 4.79 Å². The minimum Gasteiger partial charge on any atom is -0.445 e. The Morgan fingerprint density at radius 2 is 1.86 bits per heavy atom. The lowest BCUT2D eigenvalue weighted by Gasteiger charge is -2.16. The Kier molecular flexibility index (Phi) is 6.51. The first-order chi connectivity index (χ1) is 13.3. The van der Waals surface area contributed by atoms with Crippen LogP contribution in [-0.4, -0.2) is 44.0 Å². The monoisotopic (exact) mass is 420 g/mol. The van der Waals surface area contributed by atoms with Crippen molar-refractivity contribution >= 4 is 26.8 Å². The summed E-state index contributed by atoms with van der Waals surface area (Å²) in [6, 6.07) is 16.2. The Morgan fingerprint density at radius 3 is 2.54 bits per heavy atom. The summed E-state index contributed by atoms with van der Waals surface area (Å²) in [6.45, 7) is 3.14. The van der Waals surface area contributed by atoms with E-state index in [1.54, 1.807) is 29.2 Å². The van der Waals surface area contributed by atoms with Gasteiger partial charge < -0.3 is 9.64 Å². The SMILES string of the molecule is Cc1ccc(S(=O)(=O)N=S(C)[C@H]2CCN(C(=O)OCc3ccccc3)C2)cc1. The van der Waals surface area contributed by atoms with Crippen LogP contribution in [-0.2, 0) is 32.1 Å². The van der Waals surface area contributed by atoms with Gasteiger partial charge in [-0.05, 0) is 37.3 Å². The predicted octanol–water partition coefficient (Wildman–Crippen LogP) is 3.53. The van der Waals surface area contributed by atoms with Gasteiger partial charge in [0.15, 0.2) is 0 Å². The molecule has 0 saturated carbocycles. The van der Waals surface area contributed by atoms with E-state index in [1.807, 2.05) is 43.5 Å². The molecule has 150 valence electrons. The molecule has 0 aromatic heterocycles. The fraction of sp³-hybridized carbons (Fsp3) is 0.350. The summed E-state index contributed by atoms with van der Waals surface area (Å²) in [4.78, 5) is 14.1. The van der Waals surface area contributed by atoms with Crippen molar-refractivity contribution in [2.45, 2.75) is 30.1 Å². The number of rotatable bonds is 5. The first kappa shape index (κ1) is 20.5. The normalized spacial score (nSPS) is 18.2. The number of likely N-dealkylation sites (tertiary alicyclic amines) is 1. The molecule has 6 nitrogen and oxygen atoms in total. The lowest BCUT2D eigenvalue weighted by atomic mass is 10.2. The highest BCUT2D eigenvalue weighted by molar-refractivity contribution is 8.00. The summed E-state index contributed by atoms with van der Waals surface area (Å²) >= 11 is 0. The first-order valence-electron chi connectivity index (χ1n) is 9.00. The molecule has 3 rings (SSSR count). The molecule has 1 aliphatic heterocycles. The average Bonchev–Trinajstić information content (AvgIpc) is 3.17. The molecule has 0 aliphatic carbocycles. The van der Waals surface area contributed by atoms with Gasteiger partial charge >= 0.3 is 6.09 Å². The number of sulfonamides is 1. The molecule has 8 heteroatoms. The standard InChI is InChI=1S/C20H24N2O4S2/c1-16-8-10-19(11-9-16)28(24,25)21-27(2)18-12-13-22(14-18)20(23)26-15-17-6-4-3-5-7-17/h3-11,18H,12-15H2,1-2H3/t18-,27?/m0/s1. The van der Waals surface area contributed by atoms with Gasteiger partial charge in [0.05, 0.1) is 4.90 Å². The van der Waals surface area contributed by atoms with Crippen molar-refractivity contribution in [1.82, 2.24) is 4.90 Å². The highest BCUT2D eigenvalue weighted by Gasteiger charge is 2.29. The van der Waals surface area contributed by atoms with E-state index in [1.165, 1.54) is 0 Å². The van der Waals surface area contributed by atoms with E-state index in [2.05, 4.69) is 3.77 Å². The molecule has 2 aromatic rings. The fourth-order valence-corrected chi connectivity index (χ4v) is 6.34. The maximum Gasteiger partial charge on any atom is 0.410 e. The van der Waals surface area contributed by atoms with Crippen molar-refractivity contribution < 1.29 is 17.9 Å². The van der Waals surface area contributed by atoms with Crippen molar-refractivity contribution in [3.05, 3.63) is 65.7 Å². The molecule has 0 bridgehead atoms. The largest absolute Gasteiger partial charge is 0.445 e. The molecular formula is C20H24N2O4S2. The van der Waals surface area contributed by atoms with Crippen LogP contribution in [0.2, 0.25) is 0 Å². The zero-order valence-electron chi connectivity index (χ0n) is 15.9. The van der Waals surface area contributed by atoms with E-state index in [4.69, 9.17) is 4.74 Å². The van der Waals surface area contributed by atoms with Crippen molar-refractivity contribution in [1.29, 1.82) is 0 Å². The number of hydrogen-bond acceptors (Lipinski definition) is 4. The third-order valence-corrected chi connectivity index (χ3v) is 8.57. The maximum atomic E-state index is 12.5. The number of aryl methyl sites for hydroxylation is 1. The summed E-state index contributed by atoms with van der Waals surface area (Å²) in [5.41, 5.74) is 1.93. The summed E-state index contributed by atoms with van der Waals surface area (Å²) < 4.78 is 34.5. The Morgan fingerprint density at radius 1 is 1.18 bits per heavy atom. The molecule has 2 aromatic carbocycles. The van der Waals surface area contributed by atoms with Crippen LogP contribution in [0.25, 0.3) is 0 Å². The summed E-state index contributed by atoms with van der Waals surface area (Å²) in [5.74, 6) is 0. The highest BCUT2D eigenvalue weighted by Crippen LogP contribution is 2.20. The molecule has 2 atom stereocenters. The topological polar surface area (TPSA) is 76.0 Å². The Balaban J connectivity index is 1.60. The second kappa shape index (κ2) is 8.87. The van der Waals surface area contributed by atoms with Crippen LogP contribution < -0.4 is 0 Å². The molecule has 1 amide bonds. The highest BCUT2D eigenvalue weighted by atomic mass is 32.3. The number of carbonyl (C=O) groups is 1. The molecule has 1 heterocycles. The molecule has 28 heavy (non-hydrogen) atoms. The predicted molar refractivity (Wildman–Crippen MR) is 111 cm³/mol. The van der Waals surface area contributed by atoms with Gasteiger partial charge in [0.25, 0.3) is 10.0 Å². The van der Waals surface area contributed by atoms with Gasteiger partial charge in [0.2, 0.25) is 0 Å². The smallest absolute Gasteiger partial charge is 0.410 e. The minimum absolute atomic E-state index is 0.0181. The zero-order chi connectivity index (χ0) is 20.1. The average molecular weight is 421 g/mol. The second-order valence-electron chi connectivity index (χ2n) is 6.78. The Bertz CT molecular complexity index is 957. The number of amides is 1. The van der Waals surface area contributed by atoms with E-state index in [0.717, 1.165) is 11.1 Å². The molecule has 1 fully saturated rings. The number of ether oxygens (including phenoxy) is 1. The molecule has 1 aliphatic rings. The molecule has 1 unspecified atom stereocenters. The van der Waals surface area contributed by atoms with Crippen LogP contribution in [0.3, 0.4) is 0 Å². The van der Waals surface area contributed by atoms with Crippen LogP contribution >= 0.6 is 0 Å². The van der Waals surface area contributed by atoms with E-state index in [0.29, 0.717) is 19.5 Å². The van der Waals surface area contributed by atoms with Crippen molar-refractivity contribution in [3.8, 4) is 0 Å².